The van der Waals surface area contributed by atoms with Gasteiger partial charge in [0.25, 0.3) is 0 Å². The minimum Gasteiger partial charge on any atom is -0.375 e. The molecule has 0 saturated heterocycles. The van der Waals surface area contributed by atoms with E-state index in [1.54, 1.807) is 5.38 Å². The van der Waals surface area contributed by atoms with Crippen molar-refractivity contribution in [3.63, 3.8) is 0 Å². The van der Waals surface area contributed by atoms with E-state index in [0.29, 0.717) is 17.2 Å². The number of amides is 2. The van der Waals surface area contributed by atoms with Gasteiger partial charge in [-0.1, -0.05) is 13.8 Å². The molecule has 0 fully saturated rings. The number of thiazole rings is 1. The Labute approximate surface area is 127 Å². The van der Waals surface area contributed by atoms with Crippen LogP contribution in [0.5, 0.6) is 0 Å². The number of rotatable bonds is 7. The highest BCUT2D eigenvalue weighted by molar-refractivity contribution is 7.13. The van der Waals surface area contributed by atoms with Crippen molar-refractivity contribution in [1.29, 1.82) is 0 Å². The molecule has 0 bridgehead atoms. The predicted octanol–water partition coefficient (Wildman–Crippen LogP) is -0.231. The van der Waals surface area contributed by atoms with Gasteiger partial charge in [0.05, 0.1) is 11.1 Å². The molecule has 9 heteroatoms. The average Bonchev–Trinajstić information content (AvgIpc) is 2.88. The van der Waals surface area contributed by atoms with Gasteiger partial charge in [-0.2, -0.15) is 0 Å². The molecule has 0 spiro atoms. The van der Waals surface area contributed by atoms with Crippen LogP contribution in [0.3, 0.4) is 0 Å². The van der Waals surface area contributed by atoms with Crippen molar-refractivity contribution in [3.05, 3.63) is 11.1 Å². The van der Waals surface area contributed by atoms with Gasteiger partial charge in [-0.15, -0.1) is 11.3 Å². The number of hydrogen-bond acceptors (Lipinski definition) is 7. The number of nitrogens with two attached hydrogens (primary N) is 3. The molecule has 1 atom stereocenters. The lowest BCUT2D eigenvalue weighted by Gasteiger charge is -2.31. The fourth-order valence-electron chi connectivity index (χ4n) is 2.40. The van der Waals surface area contributed by atoms with Crippen molar-refractivity contribution in [2.24, 2.45) is 17.6 Å². The molecule has 0 unspecified atom stereocenters. The molecular formula is C12H22N6O2S. The molecule has 0 saturated carbocycles. The Kier molecular flexibility index (Phi) is 6.06. The van der Waals surface area contributed by atoms with Crippen molar-refractivity contribution in [2.45, 2.75) is 38.5 Å². The fourth-order valence-corrected chi connectivity index (χ4v) is 3.06. The van der Waals surface area contributed by atoms with E-state index in [1.807, 2.05) is 13.8 Å². The Hall–Kier alpha value is -1.71. The zero-order valence-electron chi connectivity index (χ0n) is 12.2. The first-order valence-electron chi connectivity index (χ1n) is 6.57. The van der Waals surface area contributed by atoms with Crippen molar-refractivity contribution >= 4 is 28.3 Å². The molecular weight excluding hydrogens is 292 g/mol. The van der Waals surface area contributed by atoms with Crippen molar-refractivity contribution in [2.75, 3.05) is 5.73 Å². The van der Waals surface area contributed by atoms with Crippen LogP contribution in [0.15, 0.2) is 5.38 Å². The lowest BCUT2D eigenvalue weighted by Crippen LogP contribution is -2.49. The molecule has 1 rings (SSSR count). The van der Waals surface area contributed by atoms with Crippen LogP contribution in [-0.2, 0) is 15.0 Å². The van der Waals surface area contributed by atoms with Crippen LogP contribution in [0.25, 0.3) is 0 Å². The molecule has 1 aromatic rings. The fraction of sp³-hybridized carbons (Fsp3) is 0.583. The van der Waals surface area contributed by atoms with Gasteiger partial charge in [0.1, 0.15) is 0 Å². The smallest absolute Gasteiger partial charge is 0.246 e. The molecule has 0 aliphatic rings. The van der Waals surface area contributed by atoms with E-state index in [9.17, 15) is 9.59 Å². The summed E-state index contributed by atoms with van der Waals surface area (Å²) in [5, 5.41) is 2.10. The van der Waals surface area contributed by atoms with Crippen LogP contribution in [-0.4, -0.2) is 16.8 Å². The number of hydrazine groups is 2. The largest absolute Gasteiger partial charge is 0.375 e. The van der Waals surface area contributed by atoms with E-state index >= 15 is 0 Å². The van der Waals surface area contributed by atoms with E-state index in [1.165, 1.54) is 11.3 Å². The van der Waals surface area contributed by atoms with Gasteiger partial charge in [0.15, 0.2) is 5.13 Å². The second-order valence-electron chi connectivity index (χ2n) is 5.29. The number of nitrogens with one attached hydrogen (secondary N) is 2. The maximum atomic E-state index is 12.4. The molecule has 8 N–H and O–H groups in total. The maximum absolute atomic E-state index is 12.4. The molecule has 1 aromatic heterocycles. The molecule has 8 nitrogen and oxygen atoms in total. The highest BCUT2D eigenvalue weighted by Crippen LogP contribution is 2.37. The van der Waals surface area contributed by atoms with Crippen LogP contribution in [0.4, 0.5) is 5.13 Å². The average molecular weight is 314 g/mol. The van der Waals surface area contributed by atoms with Crippen LogP contribution >= 0.6 is 11.3 Å². The van der Waals surface area contributed by atoms with Crippen molar-refractivity contribution in [3.8, 4) is 0 Å². The predicted molar refractivity (Wildman–Crippen MR) is 81.6 cm³/mol. The summed E-state index contributed by atoms with van der Waals surface area (Å²) in [7, 11) is 0. The second-order valence-corrected chi connectivity index (χ2v) is 6.18. The van der Waals surface area contributed by atoms with Gasteiger partial charge in [0.2, 0.25) is 11.8 Å². The highest BCUT2D eigenvalue weighted by Gasteiger charge is 2.42. The summed E-state index contributed by atoms with van der Waals surface area (Å²) in [5.41, 5.74) is 9.46. The molecule has 0 aliphatic carbocycles. The topological polar surface area (TPSA) is 149 Å². The summed E-state index contributed by atoms with van der Waals surface area (Å²) < 4.78 is 0. The van der Waals surface area contributed by atoms with E-state index in [2.05, 4.69) is 15.8 Å². The minimum absolute atomic E-state index is 0.0913. The number of carbonyl (C=O) groups excluding carboxylic acids is 2. The number of hydrogen-bond donors (Lipinski definition) is 5. The summed E-state index contributed by atoms with van der Waals surface area (Å²) in [6.07, 6.45) is 0.839. The SMILES string of the molecule is CC(C)C[C@](CCC(=O)NN)(C(=O)NN)c1csc(N)n1. The highest BCUT2D eigenvalue weighted by atomic mass is 32.1. The number of anilines is 1. The van der Waals surface area contributed by atoms with Gasteiger partial charge in [-0.05, 0) is 18.8 Å². The third-order valence-corrected chi connectivity index (χ3v) is 3.95. The Balaban J connectivity index is 3.20. The lowest BCUT2D eigenvalue weighted by molar-refractivity contribution is -0.128. The quantitative estimate of drug-likeness (QED) is 0.266. The first-order valence-corrected chi connectivity index (χ1v) is 7.45. The minimum atomic E-state index is -0.996. The Bertz CT molecular complexity index is 504. The van der Waals surface area contributed by atoms with Gasteiger partial charge in [-0.3, -0.25) is 20.4 Å². The monoisotopic (exact) mass is 314 g/mol. The van der Waals surface area contributed by atoms with Gasteiger partial charge in [-0.25, -0.2) is 16.7 Å². The van der Waals surface area contributed by atoms with Gasteiger partial charge in [0, 0.05) is 11.8 Å². The second kappa shape index (κ2) is 7.34. The summed E-state index contributed by atoms with van der Waals surface area (Å²) in [6, 6.07) is 0. The Morgan fingerprint density at radius 1 is 1.38 bits per heavy atom. The lowest BCUT2D eigenvalue weighted by atomic mass is 9.73. The zero-order chi connectivity index (χ0) is 16.0. The molecule has 0 aliphatic heterocycles. The Morgan fingerprint density at radius 3 is 2.48 bits per heavy atom. The van der Waals surface area contributed by atoms with Crippen molar-refractivity contribution < 1.29 is 9.59 Å². The molecule has 2 amide bonds. The molecule has 0 radical (unpaired) electrons. The first kappa shape index (κ1) is 17.3. The van der Waals surface area contributed by atoms with E-state index in [-0.39, 0.29) is 30.6 Å². The van der Waals surface area contributed by atoms with Crippen LogP contribution < -0.4 is 28.3 Å². The summed E-state index contributed by atoms with van der Waals surface area (Å²) in [4.78, 5) is 28.1. The number of nitrogen functional groups attached to an aromatic ring is 1. The Morgan fingerprint density at radius 2 is 2.05 bits per heavy atom. The van der Waals surface area contributed by atoms with Gasteiger partial charge >= 0.3 is 0 Å². The van der Waals surface area contributed by atoms with E-state index in [0.717, 1.165) is 0 Å². The molecule has 118 valence electrons. The standard InChI is InChI=1S/C12H22N6O2S/c1-7(2)5-12(10(20)18-15,4-3-9(19)17-14)8-6-21-11(13)16-8/h6-7H,3-5,14-15H2,1-2H3,(H2,13,16)(H,17,19)(H,18,20)/t12-/m0/s1. The maximum Gasteiger partial charge on any atom is 0.246 e. The van der Waals surface area contributed by atoms with Crippen LogP contribution in [0.1, 0.15) is 38.8 Å². The molecule has 21 heavy (non-hydrogen) atoms. The van der Waals surface area contributed by atoms with Crippen LogP contribution in [0, 0.1) is 5.92 Å². The number of nitrogens with zero attached hydrogens (tertiary/aromatic N) is 1. The third-order valence-electron chi connectivity index (χ3n) is 3.27. The number of carbonyl (C=O) groups is 2. The molecule has 0 aromatic carbocycles. The summed E-state index contributed by atoms with van der Waals surface area (Å²) in [6.45, 7) is 3.97. The molecule has 1 heterocycles. The summed E-state index contributed by atoms with van der Waals surface area (Å²) >= 11 is 1.25. The van der Waals surface area contributed by atoms with Gasteiger partial charge < -0.3 is 5.73 Å². The van der Waals surface area contributed by atoms with Crippen molar-refractivity contribution in [1.82, 2.24) is 15.8 Å². The number of aromatic nitrogens is 1. The normalized spacial score (nSPS) is 13.8. The zero-order valence-corrected chi connectivity index (χ0v) is 13.0. The van der Waals surface area contributed by atoms with E-state index in [4.69, 9.17) is 17.4 Å². The summed E-state index contributed by atoms with van der Waals surface area (Å²) in [5.74, 6) is 9.90. The third kappa shape index (κ3) is 4.13. The van der Waals surface area contributed by atoms with Crippen LogP contribution in [0.2, 0.25) is 0 Å². The first-order chi connectivity index (χ1) is 9.85. The van der Waals surface area contributed by atoms with E-state index < -0.39 is 5.41 Å².